The van der Waals surface area contributed by atoms with Crippen molar-refractivity contribution in [2.45, 2.75) is 6.92 Å². The molecular weight excluding hydrogens is 230 g/mol. The lowest BCUT2D eigenvalue weighted by Crippen LogP contribution is -1.86. The Kier molecular flexibility index (Phi) is 2.16. The number of Topliss-reactive ketones (excluding diaryl/α,β-unsaturated/α-hetero) is 1. The second-order valence-electron chi connectivity index (χ2n) is 4.10. The number of nitrogen functional groups attached to an aromatic ring is 1. The van der Waals surface area contributed by atoms with Gasteiger partial charge in [-0.3, -0.25) is 4.79 Å². The van der Waals surface area contributed by atoms with Gasteiger partial charge in [0.25, 0.3) is 0 Å². The maximum absolute atomic E-state index is 11.4. The zero-order valence-corrected chi connectivity index (χ0v) is 10.2. The SMILES string of the molecule is CC(=O)c1cc2c(N)cc3ccccc3c2s1. The number of carbonyl (C=O) groups excluding carboxylic acids is 1. The number of fused-ring (bicyclic) bond motifs is 3. The molecule has 84 valence electrons. The van der Waals surface area contributed by atoms with E-state index in [1.165, 1.54) is 11.3 Å². The van der Waals surface area contributed by atoms with Crippen molar-refractivity contribution in [3.8, 4) is 0 Å². The van der Waals surface area contributed by atoms with E-state index in [0.29, 0.717) is 0 Å². The van der Waals surface area contributed by atoms with Gasteiger partial charge in [-0.05, 0) is 29.8 Å². The number of nitrogens with two attached hydrogens (primary N) is 1. The minimum Gasteiger partial charge on any atom is -0.398 e. The van der Waals surface area contributed by atoms with Crippen LogP contribution < -0.4 is 5.73 Å². The van der Waals surface area contributed by atoms with Crippen LogP contribution >= 0.6 is 11.3 Å². The minimum atomic E-state index is 0.0923. The molecule has 17 heavy (non-hydrogen) atoms. The highest BCUT2D eigenvalue weighted by molar-refractivity contribution is 7.21. The number of ketones is 1. The van der Waals surface area contributed by atoms with E-state index in [4.69, 9.17) is 5.73 Å². The third-order valence-electron chi connectivity index (χ3n) is 2.91. The maximum Gasteiger partial charge on any atom is 0.169 e. The van der Waals surface area contributed by atoms with Crippen molar-refractivity contribution >= 4 is 43.7 Å². The summed E-state index contributed by atoms with van der Waals surface area (Å²) >= 11 is 1.52. The van der Waals surface area contributed by atoms with Gasteiger partial charge in [-0.2, -0.15) is 0 Å². The van der Waals surface area contributed by atoms with Crippen LogP contribution in [0.2, 0.25) is 0 Å². The summed E-state index contributed by atoms with van der Waals surface area (Å²) in [7, 11) is 0. The average Bonchev–Trinajstić information content (AvgIpc) is 2.75. The molecular formula is C14H11NOS. The summed E-state index contributed by atoms with van der Waals surface area (Å²) in [4.78, 5) is 12.2. The Bertz CT molecular complexity index is 742. The summed E-state index contributed by atoms with van der Waals surface area (Å²) in [5, 5.41) is 3.27. The molecule has 0 fully saturated rings. The molecule has 0 amide bonds. The molecule has 3 heteroatoms. The summed E-state index contributed by atoms with van der Waals surface area (Å²) in [5.74, 6) is 0.0923. The summed E-state index contributed by atoms with van der Waals surface area (Å²) in [5.41, 5.74) is 6.77. The first-order valence-corrected chi connectivity index (χ1v) is 6.20. The van der Waals surface area contributed by atoms with Crippen molar-refractivity contribution in [3.63, 3.8) is 0 Å². The molecule has 3 aromatic rings. The highest BCUT2D eigenvalue weighted by atomic mass is 32.1. The Hall–Kier alpha value is -1.87. The summed E-state index contributed by atoms with van der Waals surface area (Å²) in [6.45, 7) is 1.59. The van der Waals surface area contributed by atoms with E-state index in [1.54, 1.807) is 6.92 Å². The molecule has 0 unspecified atom stereocenters. The highest BCUT2D eigenvalue weighted by Crippen LogP contribution is 2.36. The van der Waals surface area contributed by atoms with Gasteiger partial charge < -0.3 is 5.73 Å². The number of rotatable bonds is 1. The molecule has 0 aliphatic heterocycles. The molecule has 3 rings (SSSR count). The number of benzene rings is 2. The van der Waals surface area contributed by atoms with Crippen LogP contribution in [0.1, 0.15) is 16.6 Å². The quantitative estimate of drug-likeness (QED) is 0.519. The standard InChI is InChI=1S/C14H11NOS/c1-8(16)13-7-11-12(15)6-9-4-2-3-5-10(9)14(11)17-13/h2-7H,15H2,1H3. The van der Waals surface area contributed by atoms with E-state index >= 15 is 0 Å². The lowest BCUT2D eigenvalue weighted by atomic mass is 10.1. The van der Waals surface area contributed by atoms with Crippen LogP contribution in [-0.4, -0.2) is 5.78 Å². The fourth-order valence-corrected chi connectivity index (χ4v) is 3.18. The molecule has 0 spiro atoms. The first-order valence-electron chi connectivity index (χ1n) is 5.38. The van der Waals surface area contributed by atoms with Crippen LogP contribution in [-0.2, 0) is 0 Å². The van der Waals surface area contributed by atoms with Crippen molar-refractivity contribution < 1.29 is 4.79 Å². The second kappa shape index (κ2) is 3.57. The Labute approximate surface area is 103 Å². The van der Waals surface area contributed by atoms with Crippen molar-refractivity contribution in [3.05, 3.63) is 41.3 Å². The van der Waals surface area contributed by atoms with Crippen molar-refractivity contribution in [2.75, 3.05) is 5.73 Å². The van der Waals surface area contributed by atoms with E-state index in [2.05, 4.69) is 6.07 Å². The number of carbonyl (C=O) groups is 1. The summed E-state index contributed by atoms with van der Waals surface area (Å²) in [6, 6.07) is 12.0. The van der Waals surface area contributed by atoms with E-state index < -0.39 is 0 Å². The molecule has 1 aromatic heterocycles. The summed E-state index contributed by atoms with van der Waals surface area (Å²) < 4.78 is 1.10. The van der Waals surface area contributed by atoms with Crippen molar-refractivity contribution in [1.29, 1.82) is 0 Å². The number of hydrogen-bond donors (Lipinski definition) is 1. The van der Waals surface area contributed by atoms with Crippen LogP contribution in [0.3, 0.4) is 0 Å². The van der Waals surface area contributed by atoms with E-state index in [-0.39, 0.29) is 5.78 Å². The smallest absolute Gasteiger partial charge is 0.169 e. The van der Waals surface area contributed by atoms with E-state index in [0.717, 1.165) is 31.4 Å². The predicted molar refractivity (Wildman–Crippen MR) is 73.7 cm³/mol. The molecule has 2 N–H and O–H groups in total. The predicted octanol–water partition coefficient (Wildman–Crippen LogP) is 3.84. The van der Waals surface area contributed by atoms with Gasteiger partial charge in [-0.25, -0.2) is 0 Å². The van der Waals surface area contributed by atoms with Crippen LogP contribution in [0.25, 0.3) is 20.9 Å². The van der Waals surface area contributed by atoms with Crippen LogP contribution in [0.5, 0.6) is 0 Å². The number of thiophene rings is 1. The highest BCUT2D eigenvalue weighted by Gasteiger charge is 2.11. The third-order valence-corrected chi connectivity index (χ3v) is 4.18. The van der Waals surface area contributed by atoms with Gasteiger partial charge in [0, 0.05) is 15.8 Å². The first kappa shape index (κ1) is 10.3. The molecule has 2 aromatic carbocycles. The molecule has 0 bridgehead atoms. The normalized spacial score (nSPS) is 11.1. The minimum absolute atomic E-state index is 0.0923. The van der Waals surface area contributed by atoms with Crippen LogP contribution in [0.4, 0.5) is 5.69 Å². The number of anilines is 1. The Morgan fingerprint density at radius 3 is 2.71 bits per heavy atom. The van der Waals surface area contributed by atoms with Gasteiger partial charge in [-0.1, -0.05) is 24.3 Å². The van der Waals surface area contributed by atoms with Gasteiger partial charge in [0.05, 0.1) is 4.88 Å². The maximum atomic E-state index is 11.4. The molecule has 0 saturated carbocycles. The lowest BCUT2D eigenvalue weighted by molar-refractivity contribution is 0.102. The lowest BCUT2D eigenvalue weighted by Gasteiger charge is -2.01. The fourth-order valence-electron chi connectivity index (χ4n) is 2.05. The average molecular weight is 241 g/mol. The Balaban J connectivity index is 2.51. The van der Waals surface area contributed by atoms with Crippen LogP contribution in [0, 0.1) is 0 Å². The monoisotopic (exact) mass is 241 g/mol. The zero-order chi connectivity index (χ0) is 12.0. The van der Waals surface area contributed by atoms with E-state index in [1.807, 2.05) is 30.3 Å². The Morgan fingerprint density at radius 2 is 1.94 bits per heavy atom. The van der Waals surface area contributed by atoms with Gasteiger partial charge in [0.15, 0.2) is 5.78 Å². The van der Waals surface area contributed by atoms with Crippen molar-refractivity contribution in [2.24, 2.45) is 0 Å². The number of hydrogen-bond acceptors (Lipinski definition) is 3. The fraction of sp³-hybridized carbons (Fsp3) is 0.0714. The Morgan fingerprint density at radius 1 is 1.18 bits per heavy atom. The topological polar surface area (TPSA) is 43.1 Å². The van der Waals surface area contributed by atoms with Gasteiger partial charge in [0.2, 0.25) is 0 Å². The van der Waals surface area contributed by atoms with Crippen LogP contribution in [0.15, 0.2) is 36.4 Å². The molecule has 0 atom stereocenters. The van der Waals surface area contributed by atoms with Gasteiger partial charge >= 0.3 is 0 Å². The molecule has 0 aliphatic carbocycles. The zero-order valence-electron chi connectivity index (χ0n) is 9.36. The van der Waals surface area contributed by atoms with Crippen molar-refractivity contribution in [1.82, 2.24) is 0 Å². The molecule has 0 aliphatic rings. The molecule has 1 heterocycles. The first-order chi connectivity index (χ1) is 8.16. The van der Waals surface area contributed by atoms with Gasteiger partial charge in [-0.15, -0.1) is 11.3 Å². The van der Waals surface area contributed by atoms with Gasteiger partial charge in [0.1, 0.15) is 0 Å². The molecule has 0 saturated heterocycles. The van der Waals surface area contributed by atoms with E-state index in [9.17, 15) is 4.79 Å². The largest absolute Gasteiger partial charge is 0.398 e. The summed E-state index contributed by atoms with van der Waals surface area (Å²) in [6.07, 6.45) is 0. The third kappa shape index (κ3) is 1.51. The molecule has 2 nitrogen and oxygen atoms in total. The second-order valence-corrected chi connectivity index (χ2v) is 5.15. The molecule has 0 radical (unpaired) electrons.